The van der Waals surface area contributed by atoms with Crippen molar-refractivity contribution in [2.75, 3.05) is 5.32 Å². The molecule has 2 rings (SSSR count). The molecular weight excluding hydrogens is 332 g/mol. The van der Waals surface area contributed by atoms with Gasteiger partial charge >= 0.3 is 5.97 Å². The van der Waals surface area contributed by atoms with E-state index in [1.165, 1.54) is 6.20 Å². The van der Waals surface area contributed by atoms with Gasteiger partial charge in [-0.3, -0.25) is 4.79 Å². The van der Waals surface area contributed by atoms with Gasteiger partial charge in [-0.25, -0.2) is 9.78 Å². The lowest BCUT2D eigenvalue weighted by Gasteiger charge is -2.01. The average molecular weight is 341 g/mol. The van der Waals surface area contributed by atoms with E-state index in [4.69, 9.17) is 5.11 Å². The number of rotatable bonds is 3. The zero-order valence-electron chi connectivity index (χ0n) is 9.81. The Morgan fingerprint density at radius 3 is 2.68 bits per heavy atom. The second-order valence-corrected chi connectivity index (χ2v) is 5.62. The number of aryl methyl sites for hydroxylation is 1. The van der Waals surface area contributed by atoms with E-state index in [1.54, 1.807) is 25.1 Å². The Morgan fingerprint density at radius 1 is 1.42 bits per heavy atom. The summed E-state index contributed by atoms with van der Waals surface area (Å²) in [5.74, 6) is -1.31. The molecule has 2 aromatic heterocycles. The summed E-state index contributed by atoms with van der Waals surface area (Å²) in [7, 11) is 0. The van der Waals surface area contributed by atoms with Crippen molar-refractivity contribution in [2.45, 2.75) is 6.92 Å². The minimum absolute atomic E-state index is 0.226. The van der Waals surface area contributed by atoms with Gasteiger partial charge in [-0.05, 0) is 46.6 Å². The molecule has 0 aromatic carbocycles. The highest BCUT2D eigenvalue weighted by Gasteiger charge is 2.14. The van der Waals surface area contributed by atoms with Crippen LogP contribution in [0.2, 0.25) is 0 Å². The summed E-state index contributed by atoms with van der Waals surface area (Å²) in [5, 5.41) is 12.1. The topological polar surface area (TPSA) is 79.3 Å². The van der Waals surface area contributed by atoms with Crippen LogP contribution in [0.15, 0.2) is 29.0 Å². The fourth-order valence-electron chi connectivity index (χ4n) is 1.45. The molecule has 0 saturated carbocycles. The number of halogens is 1. The van der Waals surface area contributed by atoms with Crippen molar-refractivity contribution in [3.8, 4) is 0 Å². The van der Waals surface area contributed by atoms with Gasteiger partial charge in [0.1, 0.15) is 9.48 Å². The van der Waals surface area contributed by atoms with Gasteiger partial charge in [-0.1, -0.05) is 0 Å². The Labute approximate surface area is 121 Å². The molecule has 0 aliphatic heterocycles. The fraction of sp³-hybridized carbons (Fsp3) is 0.0833. The largest absolute Gasteiger partial charge is 0.477 e. The molecule has 19 heavy (non-hydrogen) atoms. The lowest BCUT2D eigenvalue weighted by molar-refractivity contribution is 0.0701. The van der Waals surface area contributed by atoms with E-state index in [2.05, 4.69) is 26.2 Å². The standard InChI is InChI=1S/C12H9BrN2O3S/c1-6-4-9(19-10(6)12(17)18)15-11(16)7-2-3-8(13)14-5-7/h2-5H,1H3,(H,15,16)(H,17,18). The number of carbonyl (C=O) groups is 2. The monoisotopic (exact) mass is 340 g/mol. The molecule has 2 N–H and O–H groups in total. The van der Waals surface area contributed by atoms with Crippen LogP contribution in [0.25, 0.3) is 0 Å². The van der Waals surface area contributed by atoms with Gasteiger partial charge in [0.2, 0.25) is 0 Å². The molecule has 2 aromatic rings. The van der Waals surface area contributed by atoms with Gasteiger partial charge in [0, 0.05) is 6.20 Å². The van der Waals surface area contributed by atoms with Gasteiger partial charge in [-0.2, -0.15) is 0 Å². The third-order valence-electron chi connectivity index (χ3n) is 2.34. The molecule has 1 amide bonds. The van der Waals surface area contributed by atoms with Crippen molar-refractivity contribution in [3.05, 3.63) is 45.0 Å². The Hall–Kier alpha value is -1.73. The first-order valence-corrected chi connectivity index (χ1v) is 6.85. The first-order chi connectivity index (χ1) is 8.97. The minimum atomic E-state index is -0.992. The maximum Gasteiger partial charge on any atom is 0.346 e. The molecule has 0 saturated heterocycles. The van der Waals surface area contributed by atoms with E-state index in [1.807, 2.05) is 0 Å². The van der Waals surface area contributed by atoms with Gasteiger partial charge < -0.3 is 10.4 Å². The SMILES string of the molecule is Cc1cc(NC(=O)c2ccc(Br)nc2)sc1C(=O)O. The molecular formula is C12H9BrN2O3S. The number of aromatic carboxylic acids is 1. The number of hydrogen-bond acceptors (Lipinski definition) is 4. The van der Waals surface area contributed by atoms with Gasteiger partial charge in [0.05, 0.1) is 10.6 Å². The highest BCUT2D eigenvalue weighted by Crippen LogP contribution is 2.26. The summed E-state index contributed by atoms with van der Waals surface area (Å²) >= 11 is 4.22. The zero-order chi connectivity index (χ0) is 14.0. The summed E-state index contributed by atoms with van der Waals surface area (Å²) in [6.45, 7) is 1.69. The maximum absolute atomic E-state index is 11.9. The number of thiophene rings is 1. The average Bonchev–Trinajstić information content (AvgIpc) is 2.71. The number of amides is 1. The van der Waals surface area contributed by atoms with Crippen LogP contribution in [0, 0.1) is 6.92 Å². The third kappa shape index (κ3) is 3.18. The van der Waals surface area contributed by atoms with E-state index >= 15 is 0 Å². The van der Waals surface area contributed by atoms with E-state index < -0.39 is 5.97 Å². The van der Waals surface area contributed by atoms with Gasteiger partial charge in [0.15, 0.2) is 0 Å². The molecule has 0 radical (unpaired) electrons. The molecule has 5 nitrogen and oxygen atoms in total. The molecule has 0 atom stereocenters. The van der Waals surface area contributed by atoms with Crippen LogP contribution in [0.3, 0.4) is 0 Å². The number of hydrogen-bond donors (Lipinski definition) is 2. The van der Waals surface area contributed by atoms with Crippen molar-refractivity contribution >= 4 is 44.1 Å². The Morgan fingerprint density at radius 2 is 2.16 bits per heavy atom. The molecule has 0 aliphatic rings. The number of carboxylic acid groups (broad SMARTS) is 1. The molecule has 7 heteroatoms. The van der Waals surface area contributed by atoms with Crippen LogP contribution in [-0.4, -0.2) is 22.0 Å². The second kappa shape index (κ2) is 5.50. The van der Waals surface area contributed by atoms with E-state index in [0.29, 0.717) is 20.7 Å². The minimum Gasteiger partial charge on any atom is -0.477 e. The van der Waals surface area contributed by atoms with Crippen LogP contribution >= 0.6 is 27.3 Å². The second-order valence-electron chi connectivity index (χ2n) is 3.75. The van der Waals surface area contributed by atoms with Crippen LogP contribution in [0.5, 0.6) is 0 Å². The van der Waals surface area contributed by atoms with Crippen molar-refractivity contribution in [1.29, 1.82) is 0 Å². The molecule has 0 unspecified atom stereocenters. The summed E-state index contributed by atoms with van der Waals surface area (Å²) in [6.07, 6.45) is 1.44. The highest BCUT2D eigenvalue weighted by molar-refractivity contribution is 9.10. The lowest BCUT2D eigenvalue weighted by Crippen LogP contribution is -2.11. The molecule has 0 bridgehead atoms. The predicted molar refractivity (Wildman–Crippen MR) is 75.9 cm³/mol. The number of anilines is 1. The normalized spacial score (nSPS) is 10.2. The highest BCUT2D eigenvalue weighted by atomic mass is 79.9. The van der Waals surface area contributed by atoms with Crippen molar-refractivity contribution in [1.82, 2.24) is 4.98 Å². The summed E-state index contributed by atoms with van der Waals surface area (Å²) < 4.78 is 0.643. The fourth-order valence-corrected chi connectivity index (χ4v) is 2.59. The number of carboxylic acids is 1. The summed E-state index contributed by atoms with van der Waals surface area (Å²) in [6, 6.07) is 4.93. The molecule has 0 fully saturated rings. The first-order valence-electron chi connectivity index (χ1n) is 5.24. The van der Waals surface area contributed by atoms with Gasteiger partial charge in [0.25, 0.3) is 5.91 Å². The number of nitrogens with zero attached hydrogens (tertiary/aromatic N) is 1. The maximum atomic E-state index is 11.9. The quantitative estimate of drug-likeness (QED) is 0.841. The number of nitrogens with one attached hydrogen (secondary N) is 1. The van der Waals surface area contributed by atoms with Gasteiger partial charge in [-0.15, -0.1) is 11.3 Å². The Balaban J connectivity index is 2.17. The van der Waals surface area contributed by atoms with Crippen LogP contribution in [0.4, 0.5) is 5.00 Å². The van der Waals surface area contributed by atoms with Crippen LogP contribution < -0.4 is 5.32 Å². The van der Waals surface area contributed by atoms with E-state index in [-0.39, 0.29) is 10.8 Å². The van der Waals surface area contributed by atoms with Crippen molar-refractivity contribution in [3.63, 3.8) is 0 Å². The smallest absolute Gasteiger partial charge is 0.346 e. The first kappa shape index (κ1) is 13.7. The number of pyridine rings is 1. The van der Waals surface area contributed by atoms with Crippen molar-refractivity contribution < 1.29 is 14.7 Å². The summed E-state index contributed by atoms with van der Waals surface area (Å²) in [5.41, 5.74) is 1.04. The van der Waals surface area contributed by atoms with Crippen molar-refractivity contribution in [2.24, 2.45) is 0 Å². The Bertz CT molecular complexity index is 637. The Kier molecular flexibility index (Phi) is 3.96. The third-order valence-corrected chi connectivity index (χ3v) is 3.95. The number of carbonyl (C=O) groups excluding carboxylic acids is 1. The molecule has 0 spiro atoms. The van der Waals surface area contributed by atoms with E-state index in [9.17, 15) is 9.59 Å². The predicted octanol–water partition coefficient (Wildman–Crippen LogP) is 3.16. The lowest BCUT2D eigenvalue weighted by atomic mass is 10.2. The zero-order valence-corrected chi connectivity index (χ0v) is 12.2. The van der Waals surface area contributed by atoms with E-state index in [0.717, 1.165) is 11.3 Å². The van der Waals surface area contributed by atoms with Crippen LogP contribution in [0.1, 0.15) is 25.6 Å². The molecule has 98 valence electrons. The van der Waals surface area contributed by atoms with Crippen LogP contribution in [-0.2, 0) is 0 Å². The molecule has 0 aliphatic carbocycles. The number of aromatic nitrogens is 1. The summed E-state index contributed by atoms with van der Waals surface area (Å²) in [4.78, 5) is 27.0. The molecule has 2 heterocycles.